The molecule has 1 saturated carbocycles. The highest BCUT2D eigenvalue weighted by molar-refractivity contribution is 5.82. The quantitative estimate of drug-likeness (QED) is 0.255. The van der Waals surface area contributed by atoms with Gasteiger partial charge in [-0.2, -0.15) is 0 Å². The van der Waals surface area contributed by atoms with Crippen molar-refractivity contribution in [1.82, 2.24) is 9.80 Å². The van der Waals surface area contributed by atoms with Crippen molar-refractivity contribution in [2.45, 2.75) is 71.4 Å². The van der Waals surface area contributed by atoms with Gasteiger partial charge in [0, 0.05) is 50.9 Å². The van der Waals surface area contributed by atoms with Crippen LogP contribution in [-0.2, 0) is 9.53 Å². The van der Waals surface area contributed by atoms with Crippen molar-refractivity contribution in [2.75, 3.05) is 26.2 Å². The highest BCUT2D eigenvalue weighted by Gasteiger charge is 2.35. The van der Waals surface area contributed by atoms with Crippen LogP contribution in [0.2, 0.25) is 0 Å². The molecule has 3 aliphatic rings. The molecule has 0 aromatic heterocycles. The third-order valence-corrected chi connectivity index (χ3v) is 7.27. The van der Waals surface area contributed by atoms with Gasteiger partial charge in [0.25, 0.3) is 0 Å². The fourth-order valence-electron chi connectivity index (χ4n) is 5.20. The van der Waals surface area contributed by atoms with Crippen LogP contribution < -0.4 is 0 Å². The van der Waals surface area contributed by atoms with Crippen LogP contribution in [-0.4, -0.2) is 53.4 Å². The third kappa shape index (κ3) is 6.54. The molecule has 0 aromatic rings. The van der Waals surface area contributed by atoms with Gasteiger partial charge >= 0.3 is 0 Å². The van der Waals surface area contributed by atoms with Gasteiger partial charge in [-0.15, -0.1) is 5.73 Å². The van der Waals surface area contributed by atoms with Crippen molar-refractivity contribution in [3.63, 3.8) is 0 Å². The number of nitrogens with zero attached hydrogens (tertiary/aromatic N) is 2. The maximum Gasteiger partial charge on any atom is 0.141 e. The lowest BCUT2D eigenvalue weighted by molar-refractivity contribution is -0.119. The van der Waals surface area contributed by atoms with E-state index in [0.29, 0.717) is 24.8 Å². The summed E-state index contributed by atoms with van der Waals surface area (Å²) < 4.78 is 6.10. The SMILES string of the molecule is C=C=C(OC(C)(C)C)C1CCN(C2CN(/C(C)=C/C=C(\C=C)C3CCC(=O)CC3=C=C)C2)CC1.[HH]. The van der Waals surface area contributed by atoms with Gasteiger partial charge in [-0.25, -0.2) is 0 Å². The molecule has 2 aliphatic heterocycles. The number of carbonyl (C=O) groups excluding carboxylic acids is 1. The lowest BCUT2D eigenvalue weighted by atomic mass is 9.79. The van der Waals surface area contributed by atoms with Crippen LogP contribution >= 0.6 is 0 Å². The van der Waals surface area contributed by atoms with E-state index in [-0.39, 0.29) is 18.7 Å². The van der Waals surface area contributed by atoms with E-state index in [1.165, 1.54) is 5.70 Å². The summed E-state index contributed by atoms with van der Waals surface area (Å²) in [4.78, 5) is 16.9. The van der Waals surface area contributed by atoms with Crippen LogP contribution in [0.4, 0.5) is 0 Å². The molecule has 186 valence electrons. The highest BCUT2D eigenvalue weighted by atomic mass is 16.5. The first kappa shape index (κ1) is 26.1. The second kappa shape index (κ2) is 11.3. The Labute approximate surface area is 208 Å². The number of ketones is 1. The van der Waals surface area contributed by atoms with Crippen molar-refractivity contribution in [3.8, 4) is 0 Å². The molecule has 0 N–H and O–H groups in total. The number of hydrogen-bond donors (Lipinski definition) is 0. The van der Waals surface area contributed by atoms with Gasteiger partial charge in [-0.05, 0) is 77.3 Å². The van der Waals surface area contributed by atoms with E-state index in [1.807, 2.05) is 6.08 Å². The summed E-state index contributed by atoms with van der Waals surface area (Å²) in [5.41, 5.74) is 9.29. The molecule has 2 heterocycles. The Morgan fingerprint density at radius 1 is 1.15 bits per heavy atom. The molecule has 34 heavy (non-hydrogen) atoms. The zero-order valence-corrected chi connectivity index (χ0v) is 21.7. The summed E-state index contributed by atoms with van der Waals surface area (Å²) in [6, 6.07) is 0.617. The van der Waals surface area contributed by atoms with E-state index >= 15 is 0 Å². The van der Waals surface area contributed by atoms with Crippen LogP contribution in [0, 0.1) is 11.8 Å². The van der Waals surface area contributed by atoms with Gasteiger partial charge in [0.2, 0.25) is 0 Å². The van der Waals surface area contributed by atoms with Crippen molar-refractivity contribution in [3.05, 3.63) is 72.0 Å². The summed E-state index contributed by atoms with van der Waals surface area (Å²) in [5, 5.41) is 0. The number of Topliss-reactive ketones (excluding diaryl/α,β-unsaturated/α-hetero) is 1. The fraction of sp³-hybridized carbons (Fsp3) is 0.567. The Kier molecular flexibility index (Phi) is 8.66. The highest BCUT2D eigenvalue weighted by Crippen LogP contribution is 2.34. The first-order valence-corrected chi connectivity index (χ1v) is 12.6. The molecule has 0 bridgehead atoms. The van der Waals surface area contributed by atoms with Gasteiger partial charge < -0.3 is 9.64 Å². The second-order valence-electron chi connectivity index (χ2n) is 10.8. The van der Waals surface area contributed by atoms with Crippen LogP contribution in [0.5, 0.6) is 0 Å². The van der Waals surface area contributed by atoms with E-state index in [2.05, 4.69) is 80.8 Å². The molecular formula is C30H44N2O2. The summed E-state index contributed by atoms with van der Waals surface area (Å²) in [7, 11) is 0. The Morgan fingerprint density at radius 2 is 1.82 bits per heavy atom. The minimum absolute atomic E-state index is 0. The van der Waals surface area contributed by atoms with Gasteiger partial charge in [-0.1, -0.05) is 37.6 Å². The van der Waals surface area contributed by atoms with Crippen molar-refractivity contribution in [1.29, 1.82) is 0 Å². The Hall–Kier alpha value is -2.51. The average molecular weight is 465 g/mol. The van der Waals surface area contributed by atoms with E-state index in [4.69, 9.17) is 4.74 Å². The van der Waals surface area contributed by atoms with Crippen molar-refractivity contribution in [2.24, 2.45) is 11.8 Å². The maximum absolute atomic E-state index is 11.8. The van der Waals surface area contributed by atoms with Crippen LogP contribution in [0.3, 0.4) is 0 Å². The van der Waals surface area contributed by atoms with Crippen LogP contribution in [0.1, 0.15) is 61.2 Å². The Morgan fingerprint density at radius 3 is 2.38 bits per heavy atom. The zero-order chi connectivity index (χ0) is 24.9. The van der Waals surface area contributed by atoms with Crippen LogP contribution in [0.15, 0.2) is 72.0 Å². The number of hydrogen-bond acceptors (Lipinski definition) is 4. The van der Waals surface area contributed by atoms with E-state index in [1.54, 1.807) is 0 Å². The number of allylic oxidation sites excluding steroid dienone is 7. The third-order valence-electron chi connectivity index (χ3n) is 7.27. The predicted molar refractivity (Wildman–Crippen MR) is 142 cm³/mol. The molecule has 4 heteroatoms. The molecule has 2 saturated heterocycles. The predicted octanol–water partition coefficient (Wildman–Crippen LogP) is 6.21. The van der Waals surface area contributed by atoms with Gasteiger partial charge in [0.1, 0.15) is 17.1 Å². The van der Waals surface area contributed by atoms with Crippen molar-refractivity contribution < 1.29 is 11.0 Å². The molecule has 3 fully saturated rings. The molecule has 1 aliphatic carbocycles. The summed E-state index contributed by atoms with van der Waals surface area (Å²) in [5.74, 6) is 1.85. The number of ether oxygens (including phenoxy) is 1. The number of likely N-dealkylation sites (tertiary alicyclic amines) is 2. The molecule has 1 atom stereocenters. The molecule has 0 radical (unpaired) electrons. The fourth-order valence-corrected chi connectivity index (χ4v) is 5.20. The minimum atomic E-state index is -0.201. The molecule has 0 amide bonds. The molecular weight excluding hydrogens is 420 g/mol. The molecule has 0 aromatic carbocycles. The van der Waals surface area contributed by atoms with Crippen molar-refractivity contribution >= 4 is 5.78 Å². The zero-order valence-electron chi connectivity index (χ0n) is 21.7. The van der Waals surface area contributed by atoms with E-state index in [0.717, 1.165) is 62.3 Å². The smallest absolute Gasteiger partial charge is 0.141 e. The Bertz CT molecular complexity index is 943. The lowest BCUT2D eigenvalue weighted by Crippen LogP contribution is -2.59. The first-order valence-electron chi connectivity index (χ1n) is 12.6. The summed E-state index contributed by atoms with van der Waals surface area (Å²) >= 11 is 0. The minimum Gasteiger partial charge on any atom is -0.484 e. The standard InChI is InChI=1S/C30H42N2O2.H2/c1-8-23(28-14-13-27(33)19-24(28)9-2)12-11-22(4)32-20-26(21-32)31-17-15-25(16-18-31)29(10-3)34-30(5,6)7;/h8,11-12,25-26,28H,1-3,13-21H2,4-7H3;1H/b22-11+,23-12+;. The normalized spacial score (nSPS) is 23.8. The summed E-state index contributed by atoms with van der Waals surface area (Å²) in [6.45, 7) is 24.4. The molecule has 4 nitrogen and oxygen atoms in total. The monoisotopic (exact) mass is 464 g/mol. The lowest BCUT2D eigenvalue weighted by Gasteiger charge is -2.49. The van der Waals surface area contributed by atoms with Gasteiger partial charge in [0.05, 0.1) is 0 Å². The average Bonchev–Trinajstić information content (AvgIpc) is 2.77. The maximum atomic E-state index is 11.8. The second-order valence-corrected chi connectivity index (χ2v) is 10.8. The van der Waals surface area contributed by atoms with Gasteiger partial charge in [0.15, 0.2) is 0 Å². The largest absolute Gasteiger partial charge is 0.484 e. The Balaban J connectivity index is 0.00000432. The van der Waals surface area contributed by atoms with E-state index < -0.39 is 0 Å². The van der Waals surface area contributed by atoms with Gasteiger partial charge in [-0.3, -0.25) is 9.69 Å². The molecule has 0 spiro atoms. The molecule has 3 rings (SSSR count). The summed E-state index contributed by atoms with van der Waals surface area (Å²) in [6.07, 6.45) is 10.4. The first-order chi connectivity index (χ1) is 16.1. The number of carbonyl (C=O) groups is 1. The molecule has 1 unspecified atom stereocenters. The topological polar surface area (TPSA) is 32.8 Å². The number of rotatable bonds is 7. The number of piperidine rings is 1. The van der Waals surface area contributed by atoms with Crippen LogP contribution in [0.25, 0.3) is 0 Å². The van der Waals surface area contributed by atoms with E-state index in [9.17, 15) is 4.79 Å².